The summed E-state index contributed by atoms with van der Waals surface area (Å²) in [6.45, 7) is 1.87. The van der Waals surface area contributed by atoms with Crippen LogP contribution in [-0.4, -0.2) is 25.1 Å². The summed E-state index contributed by atoms with van der Waals surface area (Å²) in [5.74, 6) is -0.155. The number of carbonyl (C=O) groups excluding carboxylic acids is 1. The number of amides is 1. The third kappa shape index (κ3) is 3.86. The lowest BCUT2D eigenvalue weighted by atomic mass is 9.94. The maximum atomic E-state index is 12.9. The Morgan fingerprint density at radius 1 is 1.08 bits per heavy atom. The van der Waals surface area contributed by atoms with Crippen molar-refractivity contribution in [2.24, 2.45) is 0 Å². The van der Waals surface area contributed by atoms with E-state index in [1.807, 2.05) is 80.5 Å². The highest BCUT2D eigenvalue weighted by molar-refractivity contribution is 7.80. The molecule has 0 spiro atoms. The maximum absolute atomic E-state index is 12.9. The van der Waals surface area contributed by atoms with Gasteiger partial charge in [-0.05, 0) is 49.0 Å². The molecule has 3 rings (SSSR count). The Morgan fingerprint density at radius 2 is 1.73 bits per heavy atom. The molecule has 0 saturated heterocycles. The zero-order valence-corrected chi connectivity index (χ0v) is 15.9. The van der Waals surface area contributed by atoms with Crippen molar-refractivity contribution in [1.82, 2.24) is 10.6 Å². The molecular weight excluding hydrogens is 344 g/mol. The summed E-state index contributed by atoms with van der Waals surface area (Å²) in [5, 5.41) is 9.75. The number of thiocarbonyl (C=S) groups is 1. The Bertz CT molecular complexity index is 844. The predicted molar refractivity (Wildman–Crippen MR) is 110 cm³/mol. The van der Waals surface area contributed by atoms with E-state index in [1.165, 1.54) is 0 Å². The summed E-state index contributed by atoms with van der Waals surface area (Å²) in [7, 11) is 3.99. The number of carbonyl (C=O) groups is 1. The van der Waals surface area contributed by atoms with E-state index in [0.29, 0.717) is 10.7 Å². The van der Waals surface area contributed by atoms with Crippen LogP contribution < -0.4 is 20.9 Å². The van der Waals surface area contributed by atoms with E-state index in [1.54, 1.807) is 0 Å². The minimum atomic E-state index is -0.302. The molecule has 0 bridgehead atoms. The van der Waals surface area contributed by atoms with E-state index < -0.39 is 0 Å². The van der Waals surface area contributed by atoms with Crippen LogP contribution in [-0.2, 0) is 4.79 Å². The van der Waals surface area contributed by atoms with Gasteiger partial charge < -0.3 is 20.9 Å². The van der Waals surface area contributed by atoms with Crippen molar-refractivity contribution < 1.29 is 4.79 Å². The predicted octanol–water partition coefficient (Wildman–Crippen LogP) is 3.18. The van der Waals surface area contributed by atoms with Crippen LogP contribution in [0.2, 0.25) is 0 Å². The summed E-state index contributed by atoms with van der Waals surface area (Å²) >= 11 is 5.30. The Balaban J connectivity index is 1.92. The molecule has 3 N–H and O–H groups in total. The van der Waals surface area contributed by atoms with Gasteiger partial charge >= 0.3 is 0 Å². The normalized spacial score (nSPS) is 16.6. The van der Waals surface area contributed by atoms with Crippen molar-refractivity contribution in [3.8, 4) is 0 Å². The van der Waals surface area contributed by atoms with Gasteiger partial charge in [0, 0.05) is 31.2 Å². The third-order valence-corrected chi connectivity index (χ3v) is 4.51. The fourth-order valence-electron chi connectivity index (χ4n) is 2.93. The summed E-state index contributed by atoms with van der Waals surface area (Å²) in [6.07, 6.45) is 0. The standard InChI is InChI=1S/C20H22N4OS/c1-13-17(19(25)22-15-7-5-4-6-8-15)18(23-20(26)21-13)14-9-11-16(12-10-14)24(2)3/h4-12,18H,1-3H3,(H,22,25)(H2,21,23,26)/t18-/m1/s1. The van der Waals surface area contributed by atoms with Crippen LogP contribution >= 0.6 is 12.2 Å². The Kier molecular flexibility index (Phi) is 5.23. The van der Waals surface area contributed by atoms with Gasteiger partial charge in [-0.2, -0.15) is 0 Å². The van der Waals surface area contributed by atoms with Gasteiger partial charge in [-0.15, -0.1) is 0 Å². The highest BCUT2D eigenvalue weighted by Crippen LogP contribution is 2.29. The van der Waals surface area contributed by atoms with Gasteiger partial charge in [0.25, 0.3) is 5.91 Å². The number of rotatable bonds is 4. The van der Waals surface area contributed by atoms with E-state index in [-0.39, 0.29) is 11.9 Å². The molecule has 1 heterocycles. The van der Waals surface area contributed by atoms with Crippen molar-refractivity contribution in [1.29, 1.82) is 0 Å². The van der Waals surface area contributed by atoms with Gasteiger partial charge in [0.15, 0.2) is 5.11 Å². The van der Waals surface area contributed by atoms with Gasteiger partial charge in [0.1, 0.15) is 0 Å². The topological polar surface area (TPSA) is 56.4 Å². The first-order valence-electron chi connectivity index (χ1n) is 8.37. The van der Waals surface area contributed by atoms with Crippen LogP contribution in [0.4, 0.5) is 11.4 Å². The number of hydrogen-bond acceptors (Lipinski definition) is 3. The molecule has 0 saturated carbocycles. The SMILES string of the molecule is CC1=C(C(=O)Nc2ccccc2)[C@@H](c2ccc(N(C)C)cc2)NC(=S)N1. The number of para-hydroxylation sites is 1. The summed E-state index contributed by atoms with van der Waals surface area (Å²) in [5.41, 5.74) is 4.22. The third-order valence-electron chi connectivity index (χ3n) is 4.29. The summed E-state index contributed by atoms with van der Waals surface area (Å²) in [6, 6.07) is 17.2. The molecule has 1 atom stereocenters. The van der Waals surface area contributed by atoms with Crippen molar-refractivity contribution in [2.45, 2.75) is 13.0 Å². The van der Waals surface area contributed by atoms with E-state index in [0.717, 1.165) is 22.6 Å². The first-order chi connectivity index (χ1) is 12.5. The second kappa shape index (κ2) is 7.58. The lowest BCUT2D eigenvalue weighted by molar-refractivity contribution is -0.113. The fourth-order valence-corrected chi connectivity index (χ4v) is 3.20. The monoisotopic (exact) mass is 366 g/mol. The number of nitrogens with zero attached hydrogens (tertiary/aromatic N) is 1. The first-order valence-corrected chi connectivity index (χ1v) is 8.78. The van der Waals surface area contributed by atoms with Crippen molar-refractivity contribution in [2.75, 3.05) is 24.3 Å². The Morgan fingerprint density at radius 3 is 2.35 bits per heavy atom. The largest absolute Gasteiger partial charge is 0.378 e. The van der Waals surface area contributed by atoms with E-state index in [9.17, 15) is 4.79 Å². The Hall–Kier alpha value is -2.86. The van der Waals surface area contributed by atoms with E-state index in [2.05, 4.69) is 16.0 Å². The van der Waals surface area contributed by atoms with Gasteiger partial charge in [-0.25, -0.2) is 0 Å². The van der Waals surface area contributed by atoms with E-state index >= 15 is 0 Å². The number of allylic oxidation sites excluding steroid dienone is 1. The molecule has 6 heteroatoms. The van der Waals surface area contributed by atoms with Crippen LogP contribution in [0.3, 0.4) is 0 Å². The Labute approximate surface area is 159 Å². The average molecular weight is 366 g/mol. The fraction of sp³-hybridized carbons (Fsp3) is 0.200. The molecule has 0 radical (unpaired) electrons. The first kappa shape index (κ1) is 17.9. The van der Waals surface area contributed by atoms with Crippen LogP contribution in [0, 0.1) is 0 Å². The molecule has 134 valence electrons. The number of nitrogens with one attached hydrogen (secondary N) is 3. The van der Waals surface area contributed by atoms with Crippen LogP contribution in [0.15, 0.2) is 65.9 Å². The van der Waals surface area contributed by atoms with E-state index in [4.69, 9.17) is 12.2 Å². The maximum Gasteiger partial charge on any atom is 0.255 e. The molecule has 2 aromatic rings. The lowest BCUT2D eigenvalue weighted by Gasteiger charge is -2.30. The minimum Gasteiger partial charge on any atom is -0.378 e. The van der Waals surface area contributed by atoms with Gasteiger partial charge in [0.05, 0.1) is 11.6 Å². The number of benzene rings is 2. The molecule has 5 nitrogen and oxygen atoms in total. The molecule has 1 aliphatic heterocycles. The van der Waals surface area contributed by atoms with Gasteiger partial charge in [-0.1, -0.05) is 30.3 Å². The summed E-state index contributed by atoms with van der Waals surface area (Å²) in [4.78, 5) is 15.0. The second-order valence-corrected chi connectivity index (χ2v) is 6.78. The molecule has 0 aromatic heterocycles. The number of anilines is 2. The van der Waals surface area contributed by atoms with Crippen molar-refractivity contribution >= 4 is 34.6 Å². The smallest absolute Gasteiger partial charge is 0.255 e. The van der Waals surface area contributed by atoms with Crippen molar-refractivity contribution in [3.63, 3.8) is 0 Å². The molecule has 26 heavy (non-hydrogen) atoms. The highest BCUT2D eigenvalue weighted by Gasteiger charge is 2.29. The zero-order valence-electron chi connectivity index (χ0n) is 15.0. The molecule has 0 unspecified atom stereocenters. The van der Waals surface area contributed by atoms with Gasteiger partial charge in [-0.3, -0.25) is 4.79 Å². The molecule has 1 aliphatic rings. The van der Waals surface area contributed by atoms with Crippen LogP contribution in [0.1, 0.15) is 18.5 Å². The average Bonchev–Trinajstić information content (AvgIpc) is 2.61. The molecular formula is C20H22N4OS. The minimum absolute atomic E-state index is 0.155. The highest BCUT2D eigenvalue weighted by atomic mass is 32.1. The van der Waals surface area contributed by atoms with Gasteiger partial charge in [0.2, 0.25) is 0 Å². The van der Waals surface area contributed by atoms with Crippen molar-refractivity contribution in [3.05, 3.63) is 71.4 Å². The zero-order chi connectivity index (χ0) is 18.7. The quantitative estimate of drug-likeness (QED) is 0.726. The number of hydrogen-bond donors (Lipinski definition) is 3. The summed E-state index contributed by atoms with van der Waals surface area (Å²) < 4.78 is 0. The molecule has 0 aliphatic carbocycles. The van der Waals surface area contributed by atoms with Crippen LogP contribution in [0.25, 0.3) is 0 Å². The molecule has 2 aromatic carbocycles. The van der Waals surface area contributed by atoms with Crippen LogP contribution in [0.5, 0.6) is 0 Å². The molecule has 1 amide bonds. The molecule has 0 fully saturated rings. The lowest BCUT2D eigenvalue weighted by Crippen LogP contribution is -2.45. The second-order valence-electron chi connectivity index (χ2n) is 6.38.